The van der Waals surface area contributed by atoms with Crippen LogP contribution in [-0.4, -0.2) is 258 Å². The van der Waals surface area contributed by atoms with Gasteiger partial charge in [0, 0.05) is 107 Å². The first-order valence-corrected chi connectivity index (χ1v) is 51.1. The quantitative estimate of drug-likeness (QED) is 0.0147. The van der Waals surface area contributed by atoms with Crippen LogP contribution in [0.4, 0.5) is 5.69 Å². The molecule has 3 aromatic carbocycles. The van der Waals surface area contributed by atoms with Crippen molar-refractivity contribution in [2.45, 2.75) is 334 Å². The second kappa shape index (κ2) is 61.8. The molecule has 0 bridgehead atoms. The average molecular weight is 2010 g/mol. The molecule has 794 valence electrons. The number of anilines is 1. The molecule has 14 atom stereocenters. The number of likely N-dealkylation sites (N-methyl/N-ethyl adjacent to an activating group) is 1. The number of unbranched alkanes of at least 4 members (excludes halogenated alkanes) is 17. The van der Waals surface area contributed by atoms with Gasteiger partial charge in [0.1, 0.15) is 72.7 Å². The van der Waals surface area contributed by atoms with Crippen molar-refractivity contribution in [3.8, 4) is 5.75 Å². The van der Waals surface area contributed by atoms with E-state index in [2.05, 4.69) is 96.0 Å². The van der Waals surface area contributed by atoms with Crippen LogP contribution >= 0.6 is 0 Å². The summed E-state index contributed by atoms with van der Waals surface area (Å²) in [5, 5.41) is 74.9. The fraction of sp³-hybridized carbons (Fsp3) is 0.608. The van der Waals surface area contributed by atoms with Crippen molar-refractivity contribution in [1.82, 2.24) is 98.5 Å². The Morgan fingerprint density at radius 3 is 1.62 bits per heavy atom. The van der Waals surface area contributed by atoms with Crippen molar-refractivity contribution in [2.75, 3.05) is 51.2 Å². The zero-order valence-electron chi connectivity index (χ0n) is 85.3. The molecule has 42 nitrogen and oxygen atoms in total. The molecule has 0 radical (unpaired) electrons. The van der Waals surface area contributed by atoms with E-state index in [0.29, 0.717) is 48.2 Å². The van der Waals surface area contributed by atoms with Gasteiger partial charge in [-0.3, -0.25) is 81.9 Å². The van der Waals surface area contributed by atoms with E-state index in [9.17, 15) is 77.6 Å². The Morgan fingerprint density at radius 1 is 0.507 bits per heavy atom. The van der Waals surface area contributed by atoms with Crippen LogP contribution in [0.15, 0.2) is 96.6 Å². The first-order valence-electron chi connectivity index (χ1n) is 51.1. The summed E-state index contributed by atoms with van der Waals surface area (Å²) in [5.41, 5.74) is 19.9. The number of nitrogens with one attached hydrogen (secondary N) is 16. The van der Waals surface area contributed by atoms with Crippen molar-refractivity contribution < 1.29 is 82.4 Å². The molecule has 1 fully saturated rings. The molecule has 42 heteroatoms. The average Bonchev–Trinajstić information content (AvgIpc) is 0.947. The minimum absolute atomic E-state index is 0.0385. The molecule has 1 aliphatic heterocycles. The van der Waals surface area contributed by atoms with E-state index < -0.39 is 180 Å². The van der Waals surface area contributed by atoms with Gasteiger partial charge in [-0.25, -0.2) is 9.97 Å². The van der Waals surface area contributed by atoms with Gasteiger partial charge in [-0.1, -0.05) is 188 Å². The lowest BCUT2D eigenvalue weighted by Crippen LogP contribution is -2.61. The maximum atomic E-state index is 15.1. The largest absolute Gasteiger partial charge is 0.508 e. The highest BCUT2D eigenvalue weighted by molar-refractivity contribution is 6.00. The van der Waals surface area contributed by atoms with E-state index in [1.54, 1.807) is 75.2 Å². The maximum Gasteiger partial charge on any atom is 0.261 e. The zero-order chi connectivity index (χ0) is 105. The molecule has 0 aliphatic carbocycles. The second-order valence-corrected chi connectivity index (χ2v) is 38.6. The normalized spacial score (nSPS) is 15.0. The minimum Gasteiger partial charge on any atom is -0.508 e. The number of nitrogens with zero attached hydrogens (tertiary/aromatic N) is 5. The Bertz CT molecular complexity index is 5200. The van der Waals surface area contributed by atoms with Gasteiger partial charge in [0.05, 0.1) is 48.2 Å². The van der Waals surface area contributed by atoms with Crippen LogP contribution in [0.1, 0.15) is 246 Å². The number of benzene rings is 3. The third-order valence-corrected chi connectivity index (χ3v) is 26.0. The molecule has 25 N–H and O–H groups in total. The van der Waals surface area contributed by atoms with Gasteiger partial charge in [-0.2, -0.15) is 0 Å². The summed E-state index contributed by atoms with van der Waals surface area (Å²) in [5.74, 6) is -12.5. The number of carbonyl (C=O) groups excluding carboxylic acids is 14. The highest BCUT2D eigenvalue weighted by atomic mass is 16.3. The van der Waals surface area contributed by atoms with Crippen LogP contribution in [0.5, 0.6) is 5.75 Å². The van der Waals surface area contributed by atoms with E-state index in [1.165, 1.54) is 141 Å². The lowest BCUT2D eigenvalue weighted by molar-refractivity contribution is -0.137. The van der Waals surface area contributed by atoms with E-state index in [-0.39, 0.29) is 131 Å². The van der Waals surface area contributed by atoms with Gasteiger partial charge in [0.25, 0.3) is 5.56 Å². The molecule has 0 saturated carbocycles. The van der Waals surface area contributed by atoms with Crippen molar-refractivity contribution in [3.05, 3.63) is 119 Å². The summed E-state index contributed by atoms with van der Waals surface area (Å²) in [6.45, 7) is 15.8. The SMILES string of the molecule is CCCCCCCCCCCCCCCCCCCC(=O)N[C@H](C(=O)N[C@H](C(=O)NCCCC[C@H](NC(=O)[C@@H](N)[C@@H](C)CC)C(=O)N1CCN(c2ccc3ncn(CC(=O)N[C@@H](CCCNC(=N)N)C(=O)N[C@@H](Cc4cnc[nH]4)C(=O)N[C@@H](Cc4ccc(O)cc4)C(=O)N[C@@H](CC(C)C)C(=O)N[C@@H](CC(N)=O)C(=O)N[C@@H](Cc4c[nH]c5ccccc45)C(=O)N[C@H](C(=O)NC)C(C)C)c(=O)c3c2)CC1)[C@@H](C)O)[C@@H](C)O. The highest BCUT2D eigenvalue weighted by Crippen LogP contribution is 2.25. The van der Waals surface area contributed by atoms with E-state index in [1.807, 2.05) is 24.8 Å². The van der Waals surface area contributed by atoms with Crippen LogP contribution in [0.2, 0.25) is 0 Å². The molecule has 3 aromatic heterocycles. The van der Waals surface area contributed by atoms with Crippen molar-refractivity contribution in [2.24, 2.45) is 35.0 Å². The Labute approximate surface area is 843 Å². The summed E-state index contributed by atoms with van der Waals surface area (Å²) < 4.78 is 1.04. The van der Waals surface area contributed by atoms with Gasteiger partial charge in [0.2, 0.25) is 82.7 Å². The second-order valence-electron chi connectivity index (χ2n) is 38.6. The molecule has 7 rings (SSSR count). The number of fused-ring (bicyclic) bond motifs is 2. The fourth-order valence-electron chi connectivity index (χ4n) is 17.2. The number of imidazole rings is 1. The van der Waals surface area contributed by atoms with E-state index in [4.69, 9.17) is 22.6 Å². The predicted molar refractivity (Wildman–Crippen MR) is 548 cm³/mol. The first kappa shape index (κ1) is 118. The zero-order valence-corrected chi connectivity index (χ0v) is 85.3. The molecule has 0 spiro atoms. The summed E-state index contributed by atoms with van der Waals surface area (Å²) in [7, 11) is 1.40. The van der Waals surface area contributed by atoms with Crippen LogP contribution in [0.3, 0.4) is 0 Å². The fourth-order valence-corrected chi connectivity index (χ4v) is 17.2. The number of aromatic hydroxyl groups is 1. The number of aliphatic hydroxyl groups excluding tert-OH is 2. The number of carbonyl (C=O) groups is 14. The molecule has 144 heavy (non-hydrogen) atoms. The number of aromatic amines is 2. The van der Waals surface area contributed by atoms with Crippen LogP contribution in [0.25, 0.3) is 21.8 Å². The molecule has 1 saturated heterocycles. The number of hydrogen-bond donors (Lipinski definition) is 22. The van der Waals surface area contributed by atoms with Gasteiger partial charge < -0.3 is 121 Å². The summed E-state index contributed by atoms with van der Waals surface area (Å²) in [6.07, 6.45) is 22.9. The van der Waals surface area contributed by atoms with Gasteiger partial charge in [0.15, 0.2) is 5.96 Å². The number of amides is 14. The number of aromatic nitrogens is 5. The lowest BCUT2D eigenvalue weighted by Gasteiger charge is -2.38. The van der Waals surface area contributed by atoms with Crippen LogP contribution in [0, 0.1) is 23.2 Å². The van der Waals surface area contributed by atoms with Crippen molar-refractivity contribution in [3.63, 3.8) is 0 Å². The smallest absolute Gasteiger partial charge is 0.261 e. The number of primary amides is 1. The van der Waals surface area contributed by atoms with Gasteiger partial charge in [-0.15, -0.1) is 0 Å². The molecule has 0 unspecified atom stereocenters. The Hall–Kier alpha value is -13.1. The minimum atomic E-state index is -1.76. The first-order chi connectivity index (χ1) is 68.8. The number of hydrogen-bond acceptors (Lipinski definition) is 23. The Balaban J connectivity index is 0.985. The molecular weight excluding hydrogens is 1850 g/mol. The van der Waals surface area contributed by atoms with Crippen LogP contribution < -0.4 is 96.8 Å². The molecule has 14 amide bonds. The molecule has 6 aromatic rings. The monoisotopic (exact) mass is 2010 g/mol. The summed E-state index contributed by atoms with van der Waals surface area (Å²) in [6, 6.07) is 2.63. The van der Waals surface area contributed by atoms with E-state index >= 15 is 9.59 Å². The van der Waals surface area contributed by atoms with Crippen molar-refractivity contribution in [1.29, 1.82) is 5.41 Å². The molecule has 1 aliphatic rings. The number of phenols is 1. The predicted octanol–water partition coefficient (Wildman–Crippen LogP) is 3.58. The standard InChI is InChI=1S/C102H158N24O18/c1-11-13-14-15-16-17-18-19-20-21-22-23-24-25-26-27-28-38-84(131)121-89(66(9)128)99(142)123-88(65(8)127)98(141)109-45-32-31-36-77(115-96(139)86(104)64(7)12-2)101(144)125-49-47-124(48-50-125)70-41-44-75-73(55-70)100(143)126(61-113-75)59-85(132)114-76(37-33-46-110-102(105)106)90(133)119-81(54-69-58-108-60-112-69)93(136)117-79(52-67-39-42-71(129)43-40-67)92(135)116-78(51-62(3)4)91(134)120-82(56-83(103)130)94(137)118-80(95(138)122-87(63(5)6)97(140)107-10)53-68-57-111-74-35-30-29-34-72(68)74/h29-30,34-35,39-44,55,57-58,60-66,76-82,86-89,111,127-129H,11-28,31-33,36-38,45-54,56,59,104H2,1-10H3,(H2,103,130)(H,107,140)(H,108,112)(H,109,141)(H,114,132)(H,115,139)(H,116,135)(H,117,136)(H,118,137)(H,119,133)(H,120,134)(H,121,131)(H,122,138)(H,123,142)(H4,105,106,110)/t64-,65+,66+,76-,77-,78-,79-,80-,81-,82-,86-,87-,88-,89-/m0/s1. The lowest BCUT2D eigenvalue weighted by atomic mass is 9.98. The number of aliphatic hydroxyl groups is 2. The third kappa shape index (κ3) is 39.9. The Morgan fingerprint density at radius 2 is 1.04 bits per heavy atom. The van der Waals surface area contributed by atoms with Gasteiger partial charge >= 0.3 is 0 Å². The maximum absolute atomic E-state index is 15.1. The number of guanidine groups is 1. The number of nitrogens with two attached hydrogens (primary N) is 3. The van der Waals surface area contributed by atoms with Gasteiger partial charge in [-0.05, 0) is 124 Å². The summed E-state index contributed by atoms with van der Waals surface area (Å²) in [4.78, 5) is 230. The third-order valence-electron chi connectivity index (χ3n) is 26.0. The van der Waals surface area contributed by atoms with E-state index in [0.717, 1.165) is 41.2 Å². The molecule has 4 heterocycles. The van der Waals surface area contributed by atoms with Crippen LogP contribution in [-0.2, 0) is 92.9 Å². The number of phenolic OH excluding ortho intramolecular Hbond substituents is 1. The number of piperazine rings is 1. The molecular formula is C102H158N24O18. The van der Waals surface area contributed by atoms with Crippen molar-refractivity contribution >= 4 is 116 Å². The summed E-state index contributed by atoms with van der Waals surface area (Å²) >= 11 is 0. The topological polar surface area (TPSA) is 644 Å². The number of para-hydroxylation sites is 1. The highest BCUT2D eigenvalue weighted by Gasteiger charge is 2.39. The number of H-pyrrole nitrogens is 2. The Kier molecular flexibility index (Phi) is 50.5. The number of rotatable bonds is 66.